The molecule has 160 valence electrons. The summed E-state index contributed by atoms with van der Waals surface area (Å²) in [5, 5.41) is 2.81. The Morgan fingerprint density at radius 1 is 0.806 bits per heavy atom. The monoisotopic (exact) mass is 419 g/mol. The van der Waals surface area contributed by atoms with Gasteiger partial charge in [0.05, 0.1) is 18.8 Å². The highest BCUT2D eigenvalue weighted by molar-refractivity contribution is 5.98. The summed E-state index contributed by atoms with van der Waals surface area (Å²) in [5.41, 5.74) is 2.79. The molecule has 0 atom stereocenters. The van der Waals surface area contributed by atoms with Gasteiger partial charge in [0, 0.05) is 11.3 Å². The lowest BCUT2D eigenvalue weighted by molar-refractivity contribution is -0.119. The maximum atomic E-state index is 12.4. The second-order valence-electron chi connectivity index (χ2n) is 6.56. The van der Waals surface area contributed by atoms with Crippen LogP contribution in [0.2, 0.25) is 0 Å². The maximum Gasteiger partial charge on any atom is 0.338 e. The lowest BCUT2D eigenvalue weighted by Gasteiger charge is -2.13. The van der Waals surface area contributed by atoms with Crippen molar-refractivity contribution >= 4 is 17.6 Å². The summed E-state index contributed by atoms with van der Waals surface area (Å²) in [4.78, 5) is 24.8. The number of anilines is 1. The number of ether oxygens (including phenoxy) is 3. The van der Waals surface area contributed by atoms with Gasteiger partial charge in [-0.1, -0.05) is 48.5 Å². The van der Waals surface area contributed by atoms with Gasteiger partial charge in [-0.2, -0.15) is 0 Å². The molecule has 0 aliphatic rings. The number of carbonyl (C=O) groups is 2. The van der Waals surface area contributed by atoms with Crippen LogP contribution in [-0.2, 0) is 9.53 Å². The molecule has 3 rings (SSSR count). The Kier molecular flexibility index (Phi) is 7.65. The van der Waals surface area contributed by atoms with Crippen molar-refractivity contribution in [2.75, 3.05) is 25.1 Å². The van der Waals surface area contributed by atoms with Crippen LogP contribution < -0.4 is 14.8 Å². The van der Waals surface area contributed by atoms with Crippen molar-refractivity contribution in [3.63, 3.8) is 0 Å². The van der Waals surface area contributed by atoms with E-state index in [9.17, 15) is 9.59 Å². The molecule has 0 saturated carbocycles. The Balaban J connectivity index is 1.64. The molecule has 3 aromatic carbocycles. The summed E-state index contributed by atoms with van der Waals surface area (Å²) in [5.74, 6) is -0.0283. The van der Waals surface area contributed by atoms with E-state index in [2.05, 4.69) is 5.32 Å². The Labute approximate surface area is 181 Å². The summed E-state index contributed by atoms with van der Waals surface area (Å²) in [6.45, 7) is 4.22. The number of amides is 1. The third kappa shape index (κ3) is 5.85. The third-order valence-corrected chi connectivity index (χ3v) is 4.40. The predicted octanol–water partition coefficient (Wildman–Crippen LogP) is 4.95. The Morgan fingerprint density at radius 3 is 2.23 bits per heavy atom. The van der Waals surface area contributed by atoms with Gasteiger partial charge >= 0.3 is 5.97 Å². The highest BCUT2D eigenvalue weighted by atomic mass is 16.5. The van der Waals surface area contributed by atoms with E-state index >= 15 is 0 Å². The van der Waals surface area contributed by atoms with E-state index in [4.69, 9.17) is 14.2 Å². The van der Waals surface area contributed by atoms with Crippen LogP contribution in [0.1, 0.15) is 24.2 Å². The average Bonchev–Trinajstić information content (AvgIpc) is 2.80. The quantitative estimate of drug-likeness (QED) is 0.497. The highest BCUT2D eigenvalue weighted by Crippen LogP contribution is 2.29. The number of nitrogens with one attached hydrogen (secondary N) is 1. The Morgan fingerprint density at radius 2 is 1.48 bits per heavy atom. The predicted molar refractivity (Wildman–Crippen MR) is 120 cm³/mol. The first kappa shape index (κ1) is 21.9. The van der Waals surface area contributed by atoms with E-state index in [0.29, 0.717) is 30.4 Å². The van der Waals surface area contributed by atoms with Crippen LogP contribution >= 0.6 is 0 Å². The molecule has 1 N–H and O–H groups in total. The molecule has 0 radical (unpaired) electrons. The van der Waals surface area contributed by atoms with Gasteiger partial charge in [-0.25, -0.2) is 4.79 Å². The van der Waals surface area contributed by atoms with Crippen molar-refractivity contribution in [3.05, 3.63) is 78.4 Å². The number of hydrogen-bond acceptors (Lipinski definition) is 5. The zero-order valence-corrected chi connectivity index (χ0v) is 17.6. The molecule has 0 heterocycles. The molecule has 0 aromatic heterocycles. The fourth-order valence-electron chi connectivity index (χ4n) is 3.04. The van der Waals surface area contributed by atoms with Crippen molar-refractivity contribution in [1.82, 2.24) is 0 Å². The number of hydrogen-bond donors (Lipinski definition) is 1. The van der Waals surface area contributed by atoms with Crippen molar-refractivity contribution in [2.24, 2.45) is 0 Å². The van der Waals surface area contributed by atoms with Gasteiger partial charge in [0.15, 0.2) is 18.1 Å². The molecule has 0 bridgehead atoms. The van der Waals surface area contributed by atoms with Crippen LogP contribution in [0, 0.1) is 0 Å². The first-order valence-corrected chi connectivity index (χ1v) is 10.1. The van der Waals surface area contributed by atoms with Crippen molar-refractivity contribution in [1.29, 1.82) is 0 Å². The molecule has 0 aliphatic carbocycles. The average molecular weight is 419 g/mol. The lowest BCUT2D eigenvalue weighted by atomic mass is 10.0. The molecule has 0 saturated heterocycles. The van der Waals surface area contributed by atoms with Crippen LogP contribution in [0.25, 0.3) is 11.1 Å². The summed E-state index contributed by atoms with van der Waals surface area (Å²) in [7, 11) is 0. The SMILES string of the molecule is CCOc1ccc(C(=O)OCC(=O)Nc2ccccc2-c2ccccc2)cc1OCC. The van der Waals surface area contributed by atoms with Crippen LogP contribution in [0.4, 0.5) is 5.69 Å². The Hall–Kier alpha value is -3.80. The fraction of sp³-hybridized carbons (Fsp3) is 0.200. The van der Waals surface area contributed by atoms with Gasteiger partial charge in [0.2, 0.25) is 0 Å². The van der Waals surface area contributed by atoms with E-state index in [1.165, 1.54) is 0 Å². The second kappa shape index (κ2) is 10.8. The van der Waals surface area contributed by atoms with E-state index in [1.807, 2.05) is 68.4 Å². The zero-order chi connectivity index (χ0) is 22.1. The van der Waals surface area contributed by atoms with Crippen LogP contribution in [0.15, 0.2) is 72.8 Å². The fourth-order valence-corrected chi connectivity index (χ4v) is 3.04. The van der Waals surface area contributed by atoms with E-state index < -0.39 is 18.5 Å². The molecule has 0 spiro atoms. The van der Waals surface area contributed by atoms with Crippen LogP contribution in [0.5, 0.6) is 11.5 Å². The summed E-state index contributed by atoms with van der Waals surface area (Å²) < 4.78 is 16.2. The maximum absolute atomic E-state index is 12.4. The van der Waals surface area contributed by atoms with Crippen molar-refractivity contribution in [3.8, 4) is 22.6 Å². The largest absolute Gasteiger partial charge is 0.490 e. The van der Waals surface area contributed by atoms with E-state index in [1.54, 1.807) is 18.2 Å². The summed E-state index contributed by atoms with van der Waals surface area (Å²) in [6.07, 6.45) is 0. The summed E-state index contributed by atoms with van der Waals surface area (Å²) in [6, 6.07) is 22.0. The molecular formula is C25H25NO5. The number of para-hydroxylation sites is 1. The minimum absolute atomic E-state index is 0.282. The van der Waals surface area contributed by atoms with E-state index in [-0.39, 0.29) is 5.56 Å². The smallest absolute Gasteiger partial charge is 0.338 e. The molecule has 0 unspecified atom stereocenters. The molecule has 31 heavy (non-hydrogen) atoms. The normalized spacial score (nSPS) is 10.3. The topological polar surface area (TPSA) is 73.9 Å². The molecule has 1 amide bonds. The van der Waals surface area contributed by atoms with Crippen LogP contribution in [0.3, 0.4) is 0 Å². The molecule has 6 heteroatoms. The lowest BCUT2D eigenvalue weighted by Crippen LogP contribution is -2.21. The number of rotatable bonds is 9. The minimum atomic E-state index is -0.615. The third-order valence-electron chi connectivity index (χ3n) is 4.40. The minimum Gasteiger partial charge on any atom is -0.490 e. The van der Waals surface area contributed by atoms with E-state index in [0.717, 1.165) is 11.1 Å². The van der Waals surface area contributed by atoms with Gasteiger partial charge in [-0.05, 0) is 43.7 Å². The molecule has 0 fully saturated rings. The molecule has 0 aliphatic heterocycles. The first-order chi connectivity index (χ1) is 15.1. The standard InChI is InChI=1S/C25H25NO5/c1-3-29-22-15-14-19(16-23(22)30-4-2)25(28)31-17-24(27)26-21-13-9-8-12-20(21)18-10-6-5-7-11-18/h5-16H,3-4,17H2,1-2H3,(H,26,27). The summed E-state index contributed by atoms with van der Waals surface area (Å²) >= 11 is 0. The second-order valence-corrected chi connectivity index (χ2v) is 6.56. The van der Waals surface area contributed by atoms with Crippen molar-refractivity contribution in [2.45, 2.75) is 13.8 Å². The van der Waals surface area contributed by atoms with Gasteiger partial charge < -0.3 is 19.5 Å². The molecular weight excluding hydrogens is 394 g/mol. The van der Waals surface area contributed by atoms with Gasteiger partial charge in [-0.15, -0.1) is 0 Å². The molecule has 3 aromatic rings. The molecule has 6 nitrogen and oxygen atoms in total. The van der Waals surface area contributed by atoms with Crippen LogP contribution in [-0.4, -0.2) is 31.7 Å². The zero-order valence-electron chi connectivity index (χ0n) is 17.6. The number of benzene rings is 3. The first-order valence-electron chi connectivity index (χ1n) is 10.1. The highest BCUT2D eigenvalue weighted by Gasteiger charge is 2.15. The van der Waals surface area contributed by atoms with Gasteiger partial charge in [0.25, 0.3) is 5.91 Å². The van der Waals surface area contributed by atoms with Crippen molar-refractivity contribution < 1.29 is 23.8 Å². The number of carbonyl (C=O) groups excluding carboxylic acids is 2. The van der Waals surface area contributed by atoms with Gasteiger partial charge in [-0.3, -0.25) is 4.79 Å². The van der Waals surface area contributed by atoms with Gasteiger partial charge in [0.1, 0.15) is 0 Å². The number of esters is 1. The Bertz CT molecular complexity index is 1030.